The number of benzene rings is 1. The smallest absolute Gasteiger partial charge is 0.258 e. The molecule has 1 aromatic heterocycles. The van der Waals surface area contributed by atoms with Gasteiger partial charge in [0.25, 0.3) is 5.56 Å². The van der Waals surface area contributed by atoms with Gasteiger partial charge >= 0.3 is 0 Å². The Hall–Kier alpha value is -2.30. The monoisotopic (exact) mass is 232 g/mol. The van der Waals surface area contributed by atoms with Crippen LogP contribution in [0.3, 0.4) is 0 Å². The molecule has 0 aliphatic heterocycles. The molecule has 0 fully saturated rings. The average Bonchev–Trinajstić information content (AvgIpc) is 2.29. The van der Waals surface area contributed by atoms with Gasteiger partial charge in [-0.1, -0.05) is 6.92 Å². The second kappa shape index (κ2) is 4.29. The number of aromatic amines is 1. The first kappa shape index (κ1) is 11.2. The van der Waals surface area contributed by atoms with Crippen LogP contribution in [0, 0.1) is 0 Å². The predicted octanol–water partition coefficient (Wildman–Crippen LogP) is 1.41. The first-order valence-electron chi connectivity index (χ1n) is 5.23. The third-order valence-corrected chi connectivity index (χ3v) is 2.49. The molecule has 1 aromatic carbocycles. The van der Waals surface area contributed by atoms with Crippen molar-refractivity contribution in [3.63, 3.8) is 0 Å². The summed E-state index contributed by atoms with van der Waals surface area (Å²) in [6.45, 7) is 1.77. The maximum atomic E-state index is 11.6. The molecule has 0 spiro atoms. The molecule has 0 radical (unpaired) electrons. The molecule has 5 nitrogen and oxygen atoms in total. The molecule has 0 bridgehead atoms. The number of nitrogens with one attached hydrogen (secondary N) is 1. The van der Waals surface area contributed by atoms with E-state index in [2.05, 4.69) is 9.97 Å². The van der Waals surface area contributed by atoms with Crippen molar-refractivity contribution in [1.82, 2.24) is 9.97 Å². The van der Waals surface area contributed by atoms with Gasteiger partial charge in [-0.15, -0.1) is 0 Å². The summed E-state index contributed by atoms with van der Waals surface area (Å²) in [7, 11) is 0. The number of aromatic nitrogens is 2. The van der Waals surface area contributed by atoms with Crippen molar-refractivity contribution in [1.29, 1.82) is 0 Å². The minimum atomic E-state index is -0.344. The van der Waals surface area contributed by atoms with Gasteiger partial charge in [-0.3, -0.25) is 4.79 Å². The maximum Gasteiger partial charge on any atom is 0.258 e. The van der Waals surface area contributed by atoms with Crippen LogP contribution in [-0.2, 0) is 6.42 Å². The van der Waals surface area contributed by atoms with Crippen LogP contribution in [0.25, 0.3) is 11.4 Å². The van der Waals surface area contributed by atoms with Gasteiger partial charge in [0.15, 0.2) is 0 Å². The van der Waals surface area contributed by atoms with Crippen molar-refractivity contribution in [2.24, 2.45) is 0 Å². The summed E-state index contributed by atoms with van der Waals surface area (Å²) >= 11 is 0. The Balaban J connectivity index is 2.54. The van der Waals surface area contributed by atoms with E-state index in [1.165, 1.54) is 12.1 Å². The van der Waals surface area contributed by atoms with Crippen LogP contribution in [0.5, 0.6) is 11.6 Å². The Morgan fingerprint density at radius 2 is 1.88 bits per heavy atom. The highest BCUT2D eigenvalue weighted by Gasteiger charge is 2.09. The molecule has 0 aliphatic carbocycles. The van der Waals surface area contributed by atoms with Gasteiger partial charge in [-0.2, -0.15) is 4.98 Å². The van der Waals surface area contributed by atoms with Crippen LogP contribution >= 0.6 is 0 Å². The molecule has 88 valence electrons. The van der Waals surface area contributed by atoms with E-state index >= 15 is 0 Å². The fourth-order valence-corrected chi connectivity index (χ4v) is 1.56. The minimum Gasteiger partial charge on any atom is -0.508 e. The molecule has 0 amide bonds. The molecular weight excluding hydrogens is 220 g/mol. The van der Waals surface area contributed by atoms with Crippen LogP contribution in [0.4, 0.5) is 0 Å². The summed E-state index contributed by atoms with van der Waals surface area (Å²) < 4.78 is 0. The predicted molar refractivity (Wildman–Crippen MR) is 63.0 cm³/mol. The maximum absolute atomic E-state index is 11.6. The number of H-pyrrole nitrogens is 1. The number of hydrogen-bond acceptors (Lipinski definition) is 4. The standard InChI is InChI=1S/C12H12N2O3/c1-2-9-11(16)13-10(14-12(9)17)7-3-5-8(15)6-4-7/h3-6,15H,2H2,1H3,(H2,13,14,16,17). The van der Waals surface area contributed by atoms with Crippen molar-refractivity contribution in [2.75, 3.05) is 0 Å². The van der Waals surface area contributed by atoms with Crippen molar-refractivity contribution >= 4 is 0 Å². The van der Waals surface area contributed by atoms with Gasteiger partial charge in [0.05, 0.1) is 5.56 Å². The van der Waals surface area contributed by atoms with E-state index in [-0.39, 0.29) is 28.6 Å². The van der Waals surface area contributed by atoms with Crippen molar-refractivity contribution in [3.8, 4) is 23.0 Å². The summed E-state index contributed by atoms with van der Waals surface area (Å²) in [6, 6.07) is 6.19. The molecule has 17 heavy (non-hydrogen) atoms. The summed E-state index contributed by atoms with van der Waals surface area (Å²) in [5.41, 5.74) is 0.549. The van der Waals surface area contributed by atoms with Crippen molar-refractivity contribution in [2.45, 2.75) is 13.3 Å². The third kappa shape index (κ3) is 2.13. The number of phenolic OH excluding ortho intramolecular Hbond substituents is 1. The van der Waals surface area contributed by atoms with Gasteiger partial charge in [-0.05, 0) is 30.7 Å². The molecule has 0 unspecified atom stereocenters. The van der Waals surface area contributed by atoms with Gasteiger partial charge in [0.1, 0.15) is 11.6 Å². The molecule has 2 rings (SSSR count). The van der Waals surface area contributed by atoms with Crippen LogP contribution in [0.15, 0.2) is 29.1 Å². The van der Waals surface area contributed by atoms with E-state index in [0.29, 0.717) is 12.0 Å². The topological polar surface area (TPSA) is 86.2 Å². The van der Waals surface area contributed by atoms with E-state index in [4.69, 9.17) is 5.11 Å². The highest BCUT2D eigenvalue weighted by molar-refractivity contribution is 5.56. The summed E-state index contributed by atoms with van der Waals surface area (Å²) in [5.74, 6) is 0.162. The summed E-state index contributed by atoms with van der Waals surface area (Å²) in [6.07, 6.45) is 0.421. The lowest BCUT2D eigenvalue weighted by Gasteiger charge is -2.04. The van der Waals surface area contributed by atoms with Crippen LogP contribution in [-0.4, -0.2) is 20.2 Å². The number of aromatic hydroxyl groups is 2. The highest BCUT2D eigenvalue weighted by atomic mass is 16.3. The van der Waals surface area contributed by atoms with E-state index in [1.807, 2.05) is 0 Å². The molecule has 0 aliphatic rings. The fourth-order valence-electron chi connectivity index (χ4n) is 1.56. The SMILES string of the molecule is CCc1c(O)nc(-c2ccc(O)cc2)[nH]c1=O. The van der Waals surface area contributed by atoms with Crippen molar-refractivity contribution in [3.05, 3.63) is 40.2 Å². The second-order valence-corrected chi connectivity index (χ2v) is 3.62. The Bertz CT molecular complexity index is 588. The molecule has 0 atom stereocenters. The average molecular weight is 232 g/mol. The molecule has 3 N–H and O–H groups in total. The Labute approximate surface area is 97.4 Å². The second-order valence-electron chi connectivity index (χ2n) is 3.62. The normalized spacial score (nSPS) is 10.4. The lowest BCUT2D eigenvalue weighted by atomic mass is 10.2. The lowest BCUT2D eigenvalue weighted by Crippen LogP contribution is -2.14. The zero-order chi connectivity index (χ0) is 12.4. The highest BCUT2D eigenvalue weighted by Crippen LogP contribution is 2.20. The van der Waals surface area contributed by atoms with Crippen LogP contribution in [0.2, 0.25) is 0 Å². The molecular formula is C12H12N2O3. The van der Waals surface area contributed by atoms with E-state index in [0.717, 1.165) is 0 Å². The van der Waals surface area contributed by atoms with Crippen LogP contribution in [0.1, 0.15) is 12.5 Å². The number of rotatable bonds is 2. The van der Waals surface area contributed by atoms with Crippen LogP contribution < -0.4 is 5.56 Å². The third-order valence-electron chi connectivity index (χ3n) is 2.49. The Kier molecular flexibility index (Phi) is 2.82. The molecule has 0 saturated carbocycles. The first-order chi connectivity index (χ1) is 8.11. The lowest BCUT2D eigenvalue weighted by molar-refractivity contribution is 0.444. The van der Waals surface area contributed by atoms with E-state index in [9.17, 15) is 9.90 Å². The van der Waals surface area contributed by atoms with E-state index in [1.54, 1.807) is 19.1 Å². The van der Waals surface area contributed by atoms with Gasteiger partial charge in [0, 0.05) is 5.56 Å². The van der Waals surface area contributed by atoms with E-state index < -0.39 is 0 Å². The van der Waals surface area contributed by atoms with Gasteiger partial charge < -0.3 is 15.2 Å². The summed E-state index contributed by atoms with van der Waals surface area (Å²) in [5, 5.41) is 18.8. The number of nitrogens with zero attached hydrogens (tertiary/aromatic N) is 1. The quantitative estimate of drug-likeness (QED) is 0.730. The Morgan fingerprint density at radius 3 is 2.41 bits per heavy atom. The number of hydrogen-bond donors (Lipinski definition) is 3. The fraction of sp³-hybridized carbons (Fsp3) is 0.167. The number of phenols is 1. The largest absolute Gasteiger partial charge is 0.508 e. The molecule has 2 aromatic rings. The zero-order valence-corrected chi connectivity index (χ0v) is 9.27. The molecule has 1 heterocycles. The van der Waals surface area contributed by atoms with Gasteiger partial charge in [-0.25, -0.2) is 0 Å². The molecule has 5 heteroatoms. The first-order valence-corrected chi connectivity index (χ1v) is 5.23. The van der Waals surface area contributed by atoms with Crippen molar-refractivity contribution < 1.29 is 10.2 Å². The zero-order valence-electron chi connectivity index (χ0n) is 9.27. The Morgan fingerprint density at radius 1 is 1.24 bits per heavy atom. The molecule has 0 saturated heterocycles. The minimum absolute atomic E-state index is 0.130. The summed E-state index contributed by atoms with van der Waals surface area (Å²) in [4.78, 5) is 18.1. The van der Waals surface area contributed by atoms with Gasteiger partial charge in [0.2, 0.25) is 5.88 Å².